The van der Waals surface area contributed by atoms with Gasteiger partial charge in [0, 0.05) is 0 Å². The van der Waals surface area contributed by atoms with Crippen LogP contribution in [0.3, 0.4) is 0 Å². The van der Waals surface area contributed by atoms with E-state index in [2.05, 4.69) is 13.8 Å². The van der Waals surface area contributed by atoms with Crippen LogP contribution >= 0.6 is 0 Å². The third-order valence-corrected chi connectivity index (χ3v) is 3.99. The number of phenols is 1. The highest BCUT2D eigenvalue weighted by Crippen LogP contribution is 2.38. The predicted molar refractivity (Wildman–Crippen MR) is 80.7 cm³/mol. The molecule has 2 unspecified atom stereocenters. The second-order valence-electron chi connectivity index (χ2n) is 5.19. The standard InChI is InChI=1S/C18H21O2/c1-3-17(13-5-9-15(19)10-6-13)18(4-2)14-7-11-16(20)12-8-14/h5-12,17-19H,3-4H2,1-2H3. The molecule has 0 bridgehead atoms. The van der Waals surface area contributed by atoms with Gasteiger partial charge in [0.2, 0.25) is 0 Å². The van der Waals surface area contributed by atoms with Crippen LogP contribution in [0.2, 0.25) is 0 Å². The van der Waals surface area contributed by atoms with Crippen molar-refractivity contribution >= 4 is 0 Å². The monoisotopic (exact) mass is 269 g/mol. The van der Waals surface area contributed by atoms with E-state index in [9.17, 15) is 10.2 Å². The van der Waals surface area contributed by atoms with Crippen molar-refractivity contribution in [3.8, 4) is 11.5 Å². The molecule has 2 rings (SSSR count). The lowest BCUT2D eigenvalue weighted by Gasteiger charge is -2.26. The van der Waals surface area contributed by atoms with E-state index in [0.717, 1.165) is 12.8 Å². The Bertz CT molecular complexity index is 477. The van der Waals surface area contributed by atoms with Gasteiger partial charge in [-0.15, -0.1) is 0 Å². The Morgan fingerprint density at radius 3 is 1.60 bits per heavy atom. The van der Waals surface area contributed by atoms with E-state index in [4.69, 9.17) is 0 Å². The topological polar surface area (TPSA) is 40.1 Å². The van der Waals surface area contributed by atoms with Gasteiger partial charge >= 0.3 is 0 Å². The molecule has 20 heavy (non-hydrogen) atoms. The van der Waals surface area contributed by atoms with Crippen molar-refractivity contribution in [1.82, 2.24) is 0 Å². The summed E-state index contributed by atoms with van der Waals surface area (Å²) in [5.74, 6) is 1.15. The van der Waals surface area contributed by atoms with Crippen LogP contribution in [0.5, 0.6) is 11.5 Å². The lowest BCUT2D eigenvalue weighted by molar-refractivity contribution is 0.354. The maximum absolute atomic E-state index is 11.3. The predicted octanol–water partition coefficient (Wildman–Crippen LogP) is 5.22. The molecule has 2 heteroatoms. The smallest absolute Gasteiger partial charge is 0.178 e. The fourth-order valence-corrected chi connectivity index (χ4v) is 2.94. The Hall–Kier alpha value is -1.96. The number of hydrogen-bond acceptors (Lipinski definition) is 1. The lowest BCUT2D eigenvalue weighted by Crippen LogP contribution is -2.10. The van der Waals surface area contributed by atoms with E-state index in [1.807, 2.05) is 24.3 Å². The zero-order valence-electron chi connectivity index (χ0n) is 12.0. The SMILES string of the molecule is CCC(c1ccc([O])cc1)C(CC)c1ccc(O)cc1. The van der Waals surface area contributed by atoms with Gasteiger partial charge in [0.15, 0.2) is 5.75 Å². The number of benzene rings is 2. The molecule has 0 aliphatic heterocycles. The molecule has 2 nitrogen and oxygen atoms in total. The molecule has 0 spiro atoms. The summed E-state index contributed by atoms with van der Waals surface area (Å²) in [5, 5.41) is 20.7. The van der Waals surface area contributed by atoms with Gasteiger partial charge in [-0.05, 0) is 60.1 Å². The van der Waals surface area contributed by atoms with Crippen molar-refractivity contribution in [3.05, 3.63) is 59.7 Å². The summed E-state index contributed by atoms with van der Waals surface area (Å²) in [6, 6.07) is 14.6. The van der Waals surface area contributed by atoms with Crippen molar-refractivity contribution in [2.24, 2.45) is 0 Å². The minimum absolute atomic E-state index is 0.0567. The molecule has 2 aromatic carbocycles. The van der Waals surface area contributed by atoms with E-state index in [1.165, 1.54) is 11.1 Å². The van der Waals surface area contributed by atoms with Crippen molar-refractivity contribution in [2.45, 2.75) is 38.5 Å². The minimum atomic E-state index is 0.0567. The highest BCUT2D eigenvalue weighted by molar-refractivity contribution is 5.34. The van der Waals surface area contributed by atoms with Gasteiger partial charge in [-0.3, -0.25) is 5.11 Å². The number of phenolic OH excluding ortho intramolecular Hbond substituents is 1. The molecule has 2 aromatic rings. The average molecular weight is 269 g/mol. The highest BCUT2D eigenvalue weighted by Gasteiger charge is 2.22. The van der Waals surface area contributed by atoms with Gasteiger partial charge < -0.3 is 5.11 Å². The molecule has 0 saturated carbocycles. The van der Waals surface area contributed by atoms with Crippen molar-refractivity contribution in [2.75, 3.05) is 0 Å². The van der Waals surface area contributed by atoms with Crippen LogP contribution in [-0.4, -0.2) is 5.11 Å². The maximum atomic E-state index is 11.3. The summed E-state index contributed by atoms with van der Waals surface area (Å²) in [7, 11) is 0. The van der Waals surface area contributed by atoms with Crippen LogP contribution < -0.4 is 0 Å². The van der Waals surface area contributed by atoms with Gasteiger partial charge in [0.05, 0.1) is 0 Å². The van der Waals surface area contributed by atoms with Crippen molar-refractivity contribution in [1.29, 1.82) is 0 Å². The molecule has 0 aliphatic carbocycles. The summed E-state index contributed by atoms with van der Waals surface area (Å²) >= 11 is 0. The molecule has 0 saturated heterocycles. The number of rotatable bonds is 5. The van der Waals surface area contributed by atoms with Gasteiger partial charge in [-0.2, -0.15) is 0 Å². The molecule has 1 radical (unpaired) electrons. The number of hydrogen-bond donors (Lipinski definition) is 1. The van der Waals surface area contributed by atoms with Crippen LogP contribution in [-0.2, 0) is 5.11 Å². The highest BCUT2D eigenvalue weighted by atomic mass is 16.3. The minimum Gasteiger partial charge on any atom is -0.508 e. The fraction of sp³-hybridized carbons (Fsp3) is 0.333. The summed E-state index contributed by atoms with van der Waals surface area (Å²) < 4.78 is 0. The molecular formula is C18H21O2. The van der Waals surface area contributed by atoms with Gasteiger partial charge in [-0.25, -0.2) is 0 Å². The van der Waals surface area contributed by atoms with E-state index in [1.54, 1.807) is 24.3 Å². The largest absolute Gasteiger partial charge is 0.508 e. The summed E-state index contributed by atoms with van der Waals surface area (Å²) in [6.45, 7) is 4.36. The second kappa shape index (κ2) is 6.47. The third-order valence-electron chi connectivity index (χ3n) is 3.99. The Labute approximate surface area is 120 Å². The Kier molecular flexibility index (Phi) is 4.67. The average Bonchev–Trinajstić information content (AvgIpc) is 2.47. The molecule has 0 amide bonds. The van der Waals surface area contributed by atoms with Crippen molar-refractivity contribution < 1.29 is 10.2 Å². The van der Waals surface area contributed by atoms with Gasteiger partial charge in [-0.1, -0.05) is 38.1 Å². The molecule has 2 atom stereocenters. The van der Waals surface area contributed by atoms with Gasteiger partial charge in [0.25, 0.3) is 0 Å². The molecule has 0 aromatic heterocycles. The van der Waals surface area contributed by atoms with Crippen LogP contribution in [0.15, 0.2) is 48.5 Å². The van der Waals surface area contributed by atoms with E-state index in [-0.39, 0.29) is 5.75 Å². The van der Waals surface area contributed by atoms with Crippen LogP contribution in [0, 0.1) is 0 Å². The van der Waals surface area contributed by atoms with E-state index in [0.29, 0.717) is 17.6 Å². The summed E-state index contributed by atoms with van der Waals surface area (Å²) in [5.41, 5.74) is 2.45. The Morgan fingerprint density at radius 2 is 1.20 bits per heavy atom. The number of aromatic hydroxyl groups is 1. The normalized spacial score (nSPS) is 13.9. The van der Waals surface area contributed by atoms with E-state index < -0.39 is 0 Å². The summed E-state index contributed by atoms with van der Waals surface area (Å²) in [6.07, 6.45) is 2.06. The molecule has 0 aliphatic rings. The first-order valence-corrected chi connectivity index (χ1v) is 7.21. The van der Waals surface area contributed by atoms with Crippen LogP contribution in [0.25, 0.3) is 0 Å². The zero-order chi connectivity index (χ0) is 14.5. The van der Waals surface area contributed by atoms with Crippen LogP contribution in [0.1, 0.15) is 49.7 Å². The second-order valence-corrected chi connectivity index (χ2v) is 5.19. The molecule has 0 fully saturated rings. The quantitative estimate of drug-likeness (QED) is 0.793. The van der Waals surface area contributed by atoms with E-state index >= 15 is 0 Å². The summed E-state index contributed by atoms with van der Waals surface area (Å²) in [4.78, 5) is 0. The molecular weight excluding hydrogens is 248 g/mol. The zero-order valence-corrected chi connectivity index (χ0v) is 12.0. The Morgan fingerprint density at radius 1 is 0.800 bits per heavy atom. The molecule has 0 heterocycles. The molecule has 105 valence electrons. The third kappa shape index (κ3) is 3.13. The van der Waals surface area contributed by atoms with Crippen molar-refractivity contribution in [3.63, 3.8) is 0 Å². The Balaban J connectivity index is 2.32. The first kappa shape index (κ1) is 14.4. The van der Waals surface area contributed by atoms with Crippen LogP contribution in [0.4, 0.5) is 0 Å². The molecule has 1 N–H and O–H groups in total. The fourth-order valence-electron chi connectivity index (χ4n) is 2.94. The van der Waals surface area contributed by atoms with Gasteiger partial charge in [0.1, 0.15) is 5.75 Å². The maximum Gasteiger partial charge on any atom is 0.178 e. The lowest BCUT2D eigenvalue weighted by atomic mass is 9.78. The first-order chi connectivity index (χ1) is 9.65. The first-order valence-electron chi connectivity index (χ1n) is 7.21.